The molecule has 0 unspecified atom stereocenters. The van der Waals surface area contributed by atoms with Crippen molar-refractivity contribution in [3.05, 3.63) is 46.2 Å². The van der Waals surface area contributed by atoms with Crippen molar-refractivity contribution in [2.75, 3.05) is 12.5 Å². The van der Waals surface area contributed by atoms with Gasteiger partial charge in [0.25, 0.3) is 5.56 Å². The maximum Gasteiger partial charge on any atom is 0.266 e. The Bertz CT molecular complexity index is 914. The van der Waals surface area contributed by atoms with E-state index < -0.39 is 9.84 Å². The minimum atomic E-state index is -3.60. The molecule has 1 aromatic carbocycles. The maximum absolute atomic E-state index is 12.7. The van der Waals surface area contributed by atoms with Crippen molar-refractivity contribution in [3.8, 4) is 11.3 Å². The lowest BCUT2D eigenvalue weighted by molar-refractivity contribution is 0.165. The van der Waals surface area contributed by atoms with Gasteiger partial charge in [-0.15, -0.1) is 0 Å². The zero-order valence-electron chi connectivity index (χ0n) is 13.7. The molecule has 1 aliphatic rings. The number of ether oxygens (including phenoxy) is 1. The molecule has 1 aromatic heterocycles. The van der Waals surface area contributed by atoms with Crippen LogP contribution >= 0.6 is 0 Å². The minimum absolute atomic E-state index is 0.176. The van der Waals surface area contributed by atoms with Crippen molar-refractivity contribution in [1.29, 1.82) is 0 Å². The second-order valence-electron chi connectivity index (χ2n) is 6.18. The number of hydrogen-bond donors (Lipinski definition) is 0. The molecule has 7 heteroatoms. The van der Waals surface area contributed by atoms with Crippen molar-refractivity contribution < 1.29 is 13.2 Å². The monoisotopic (exact) mass is 348 g/mol. The molecule has 0 bridgehead atoms. The van der Waals surface area contributed by atoms with Crippen molar-refractivity contribution in [1.82, 2.24) is 9.78 Å². The summed E-state index contributed by atoms with van der Waals surface area (Å²) in [6.45, 7) is 2.23. The number of aryl methyl sites for hydroxylation is 2. The van der Waals surface area contributed by atoms with Crippen molar-refractivity contribution in [3.63, 3.8) is 0 Å². The molecule has 0 radical (unpaired) electrons. The normalized spacial score (nSPS) is 14.8. The van der Waals surface area contributed by atoms with Crippen LogP contribution in [-0.4, -0.2) is 30.7 Å². The Balaban J connectivity index is 1.98. The summed E-state index contributed by atoms with van der Waals surface area (Å²) in [6, 6.07) is 8.14. The molecule has 2 aromatic rings. The first-order valence-corrected chi connectivity index (χ1v) is 9.48. The van der Waals surface area contributed by atoms with Crippen molar-refractivity contribution in [2.45, 2.75) is 24.7 Å². The number of nitrogens with zero attached hydrogens (tertiary/aromatic N) is 2. The minimum Gasteiger partial charge on any atom is -0.365 e. The third kappa shape index (κ3) is 3.57. The SMILES string of the molecule is Cc1cc(=O)n(C)nc1-c1ccccc1S(=O)(=O)COCC1CC1. The Kier molecular flexibility index (Phi) is 4.56. The zero-order valence-corrected chi connectivity index (χ0v) is 14.5. The first-order chi connectivity index (χ1) is 11.4. The predicted octanol–water partition coefficient (Wildman–Crippen LogP) is 1.91. The highest BCUT2D eigenvalue weighted by Gasteiger charge is 2.25. The van der Waals surface area contributed by atoms with E-state index in [0.29, 0.717) is 29.3 Å². The lowest BCUT2D eigenvalue weighted by Crippen LogP contribution is -2.20. The second kappa shape index (κ2) is 6.49. The molecule has 0 saturated heterocycles. The smallest absolute Gasteiger partial charge is 0.266 e. The summed E-state index contributed by atoms with van der Waals surface area (Å²) in [5.74, 6) is 0.161. The van der Waals surface area contributed by atoms with E-state index in [1.54, 1.807) is 38.2 Å². The van der Waals surface area contributed by atoms with Crippen LogP contribution < -0.4 is 5.56 Å². The molecule has 1 fully saturated rings. The molecule has 1 heterocycles. The Labute approximate surface area is 141 Å². The fourth-order valence-corrected chi connectivity index (χ4v) is 3.73. The summed E-state index contributed by atoms with van der Waals surface area (Å²) in [5.41, 5.74) is 1.38. The average molecular weight is 348 g/mol. The van der Waals surface area contributed by atoms with Gasteiger partial charge in [-0.25, -0.2) is 13.1 Å². The van der Waals surface area contributed by atoms with Crippen LogP contribution in [-0.2, 0) is 21.6 Å². The molecule has 1 saturated carbocycles. The van der Waals surface area contributed by atoms with Gasteiger partial charge in [-0.2, -0.15) is 5.10 Å². The number of rotatable bonds is 6. The highest BCUT2D eigenvalue weighted by atomic mass is 32.2. The first kappa shape index (κ1) is 16.9. The summed E-state index contributed by atoms with van der Waals surface area (Å²) >= 11 is 0. The van der Waals surface area contributed by atoms with Crippen LogP contribution in [0.25, 0.3) is 11.3 Å². The van der Waals surface area contributed by atoms with Crippen LogP contribution in [0.5, 0.6) is 0 Å². The molecular weight excluding hydrogens is 328 g/mol. The second-order valence-corrected chi connectivity index (χ2v) is 8.09. The summed E-state index contributed by atoms with van der Waals surface area (Å²) in [4.78, 5) is 11.9. The number of hydrogen-bond acceptors (Lipinski definition) is 5. The van der Waals surface area contributed by atoms with E-state index in [-0.39, 0.29) is 16.4 Å². The Morgan fingerprint density at radius 1 is 1.29 bits per heavy atom. The van der Waals surface area contributed by atoms with Gasteiger partial charge in [-0.1, -0.05) is 18.2 Å². The van der Waals surface area contributed by atoms with E-state index in [9.17, 15) is 13.2 Å². The third-order valence-electron chi connectivity index (χ3n) is 4.05. The molecule has 6 nitrogen and oxygen atoms in total. The fraction of sp³-hybridized carbons (Fsp3) is 0.412. The molecule has 0 N–H and O–H groups in total. The van der Waals surface area contributed by atoms with Gasteiger partial charge in [0.2, 0.25) is 9.84 Å². The van der Waals surface area contributed by atoms with Gasteiger partial charge in [0.05, 0.1) is 17.2 Å². The Hall–Kier alpha value is -1.99. The van der Waals surface area contributed by atoms with Gasteiger partial charge in [-0.3, -0.25) is 4.79 Å². The van der Waals surface area contributed by atoms with Crippen LogP contribution in [0, 0.1) is 12.8 Å². The van der Waals surface area contributed by atoms with Crippen molar-refractivity contribution >= 4 is 9.84 Å². The van der Waals surface area contributed by atoms with Gasteiger partial charge >= 0.3 is 0 Å². The van der Waals surface area contributed by atoms with Crippen LogP contribution in [0.15, 0.2) is 40.0 Å². The van der Waals surface area contributed by atoms with Crippen molar-refractivity contribution in [2.24, 2.45) is 13.0 Å². The topological polar surface area (TPSA) is 78.3 Å². The first-order valence-electron chi connectivity index (χ1n) is 7.83. The zero-order chi connectivity index (χ0) is 17.3. The van der Waals surface area contributed by atoms with E-state index >= 15 is 0 Å². The lowest BCUT2D eigenvalue weighted by atomic mass is 10.1. The molecule has 3 rings (SSSR count). The Morgan fingerprint density at radius 2 is 2.00 bits per heavy atom. The summed E-state index contributed by atoms with van der Waals surface area (Å²) in [6.07, 6.45) is 2.22. The quantitative estimate of drug-likeness (QED) is 0.797. The molecule has 0 atom stereocenters. The lowest BCUT2D eigenvalue weighted by Gasteiger charge is -2.12. The summed E-state index contributed by atoms with van der Waals surface area (Å²) in [7, 11) is -2.05. The highest BCUT2D eigenvalue weighted by molar-refractivity contribution is 7.91. The van der Waals surface area contributed by atoms with Gasteiger partial charge in [0, 0.05) is 18.7 Å². The highest BCUT2D eigenvalue weighted by Crippen LogP contribution is 2.30. The third-order valence-corrected chi connectivity index (χ3v) is 5.55. The van der Waals surface area contributed by atoms with E-state index in [2.05, 4.69) is 5.10 Å². The Morgan fingerprint density at radius 3 is 2.71 bits per heavy atom. The molecule has 0 spiro atoms. The average Bonchev–Trinajstić information content (AvgIpc) is 3.35. The van der Waals surface area contributed by atoms with E-state index in [1.807, 2.05) is 0 Å². The largest absolute Gasteiger partial charge is 0.365 e. The van der Waals surface area contributed by atoms with Crippen LogP contribution in [0.1, 0.15) is 18.4 Å². The molecule has 0 aliphatic heterocycles. The standard InChI is InChI=1S/C17H20N2O4S/c1-12-9-16(20)19(2)18-17(12)14-5-3-4-6-15(14)24(21,22)11-23-10-13-7-8-13/h3-6,9,13H,7-8,10-11H2,1-2H3. The fourth-order valence-electron chi connectivity index (χ4n) is 2.50. The summed E-state index contributed by atoms with van der Waals surface area (Å²) < 4.78 is 31.9. The maximum atomic E-state index is 12.7. The van der Waals surface area contributed by atoms with E-state index in [4.69, 9.17) is 4.74 Å². The summed E-state index contributed by atoms with van der Waals surface area (Å²) in [5, 5.41) is 4.23. The molecule has 0 amide bonds. The number of sulfone groups is 1. The number of benzene rings is 1. The van der Waals surface area contributed by atoms with Crippen LogP contribution in [0.4, 0.5) is 0 Å². The number of aromatic nitrogens is 2. The van der Waals surface area contributed by atoms with Gasteiger partial charge in [0.15, 0.2) is 5.94 Å². The van der Waals surface area contributed by atoms with Gasteiger partial charge < -0.3 is 4.74 Å². The van der Waals surface area contributed by atoms with Crippen LogP contribution in [0.2, 0.25) is 0 Å². The molecule has 1 aliphatic carbocycles. The van der Waals surface area contributed by atoms with E-state index in [1.165, 1.54) is 10.7 Å². The van der Waals surface area contributed by atoms with Crippen LogP contribution in [0.3, 0.4) is 0 Å². The van der Waals surface area contributed by atoms with Gasteiger partial charge in [0.1, 0.15) is 0 Å². The molecular formula is C17H20N2O4S. The van der Waals surface area contributed by atoms with Gasteiger partial charge in [-0.05, 0) is 37.3 Å². The predicted molar refractivity (Wildman–Crippen MR) is 90.4 cm³/mol. The van der Waals surface area contributed by atoms with E-state index in [0.717, 1.165) is 12.8 Å². The molecule has 128 valence electrons. The molecule has 24 heavy (non-hydrogen) atoms.